The molecule has 1 heterocycles. The Morgan fingerprint density at radius 3 is 3.00 bits per heavy atom. The van der Waals surface area contributed by atoms with E-state index in [1.54, 1.807) is 0 Å². The fourth-order valence-electron chi connectivity index (χ4n) is 3.24. The van der Waals surface area contributed by atoms with Crippen LogP contribution in [0.3, 0.4) is 0 Å². The fraction of sp³-hybridized carbons (Fsp3) is 0.625. The van der Waals surface area contributed by atoms with Crippen LogP contribution in [0, 0.1) is 5.92 Å². The summed E-state index contributed by atoms with van der Waals surface area (Å²) in [5, 5.41) is 0.794. The number of hydrogen-bond acceptors (Lipinski definition) is 3. The quantitative estimate of drug-likeness (QED) is 0.850. The summed E-state index contributed by atoms with van der Waals surface area (Å²) in [4.78, 5) is 1.21. The van der Waals surface area contributed by atoms with Crippen LogP contribution in [0.25, 0.3) is 0 Å². The minimum Gasteiger partial charge on any atom is -0.375 e. The number of nitrogens with two attached hydrogens (primary N) is 1. The summed E-state index contributed by atoms with van der Waals surface area (Å²) >= 11 is 7.82. The SMILES string of the molecule is NC(CSc1cccc(Cl)c1)C1CCOC2(CCC2)C1. The van der Waals surface area contributed by atoms with Crippen molar-refractivity contribution in [3.63, 3.8) is 0 Å². The second kappa shape index (κ2) is 6.27. The predicted molar refractivity (Wildman–Crippen MR) is 85.4 cm³/mol. The Bertz CT molecular complexity index is 464. The maximum Gasteiger partial charge on any atom is 0.0685 e. The Balaban J connectivity index is 1.52. The average Bonchev–Trinajstić information content (AvgIpc) is 2.43. The van der Waals surface area contributed by atoms with E-state index in [9.17, 15) is 0 Å². The van der Waals surface area contributed by atoms with E-state index in [2.05, 4.69) is 6.07 Å². The molecule has 1 saturated carbocycles. The highest BCUT2D eigenvalue weighted by Gasteiger charge is 2.43. The highest BCUT2D eigenvalue weighted by Crippen LogP contribution is 2.45. The van der Waals surface area contributed by atoms with Crippen LogP contribution < -0.4 is 5.73 Å². The van der Waals surface area contributed by atoms with Gasteiger partial charge in [0.05, 0.1) is 5.60 Å². The summed E-state index contributed by atoms with van der Waals surface area (Å²) in [6.45, 7) is 0.889. The molecule has 0 bridgehead atoms. The molecule has 1 aromatic rings. The second-order valence-electron chi connectivity index (χ2n) is 6.07. The molecule has 2 atom stereocenters. The van der Waals surface area contributed by atoms with Crippen molar-refractivity contribution in [2.45, 2.75) is 48.6 Å². The van der Waals surface area contributed by atoms with E-state index in [1.165, 1.54) is 24.2 Å². The zero-order chi connectivity index (χ0) is 14.0. The minimum atomic E-state index is 0.196. The van der Waals surface area contributed by atoms with Gasteiger partial charge in [0.15, 0.2) is 0 Å². The Labute approximate surface area is 130 Å². The molecule has 110 valence electrons. The van der Waals surface area contributed by atoms with E-state index in [1.807, 2.05) is 30.0 Å². The molecule has 1 aliphatic carbocycles. The molecule has 1 aliphatic heterocycles. The molecule has 1 saturated heterocycles. The van der Waals surface area contributed by atoms with Crippen molar-refractivity contribution in [2.75, 3.05) is 12.4 Å². The van der Waals surface area contributed by atoms with E-state index >= 15 is 0 Å². The maximum atomic E-state index is 6.42. The largest absolute Gasteiger partial charge is 0.375 e. The van der Waals surface area contributed by atoms with E-state index in [-0.39, 0.29) is 11.6 Å². The van der Waals surface area contributed by atoms with Crippen LogP contribution in [0.2, 0.25) is 5.02 Å². The molecule has 0 radical (unpaired) electrons. The lowest BCUT2D eigenvalue weighted by Crippen LogP contribution is -2.49. The van der Waals surface area contributed by atoms with Crippen molar-refractivity contribution in [1.82, 2.24) is 0 Å². The average molecular weight is 312 g/mol. The molecule has 20 heavy (non-hydrogen) atoms. The monoisotopic (exact) mass is 311 g/mol. The molecule has 3 rings (SSSR count). The molecule has 2 unspecified atom stereocenters. The normalized spacial score (nSPS) is 26.2. The first kappa shape index (κ1) is 14.7. The van der Waals surface area contributed by atoms with Gasteiger partial charge in [-0.15, -0.1) is 11.8 Å². The molecule has 2 nitrogen and oxygen atoms in total. The van der Waals surface area contributed by atoms with Crippen LogP contribution in [-0.4, -0.2) is 24.0 Å². The summed E-state index contributed by atoms with van der Waals surface area (Å²) in [7, 11) is 0. The number of ether oxygens (including phenoxy) is 1. The summed E-state index contributed by atoms with van der Waals surface area (Å²) in [5.74, 6) is 1.57. The summed E-state index contributed by atoms with van der Waals surface area (Å²) < 4.78 is 5.98. The molecule has 1 spiro atoms. The van der Waals surface area contributed by atoms with Crippen molar-refractivity contribution >= 4 is 23.4 Å². The Morgan fingerprint density at radius 2 is 2.30 bits per heavy atom. The van der Waals surface area contributed by atoms with Gasteiger partial charge in [0.2, 0.25) is 0 Å². The van der Waals surface area contributed by atoms with Crippen molar-refractivity contribution in [2.24, 2.45) is 11.7 Å². The van der Waals surface area contributed by atoms with E-state index in [0.717, 1.165) is 30.2 Å². The Hall–Kier alpha value is -0.220. The van der Waals surface area contributed by atoms with Crippen LogP contribution >= 0.6 is 23.4 Å². The highest BCUT2D eigenvalue weighted by molar-refractivity contribution is 7.99. The molecular weight excluding hydrogens is 290 g/mol. The van der Waals surface area contributed by atoms with Crippen molar-refractivity contribution in [3.05, 3.63) is 29.3 Å². The van der Waals surface area contributed by atoms with Crippen molar-refractivity contribution < 1.29 is 4.74 Å². The third-order valence-corrected chi connectivity index (χ3v) is 6.01. The van der Waals surface area contributed by atoms with Gasteiger partial charge in [0.25, 0.3) is 0 Å². The molecular formula is C16H22ClNOS. The van der Waals surface area contributed by atoms with Gasteiger partial charge in [-0.1, -0.05) is 17.7 Å². The number of hydrogen-bond donors (Lipinski definition) is 1. The number of benzene rings is 1. The lowest BCUT2D eigenvalue weighted by atomic mass is 9.71. The van der Waals surface area contributed by atoms with Crippen LogP contribution in [-0.2, 0) is 4.74 Å². The van der Waals surface area contributed by atoms with Gasteiger partial charge in [-0.05, 0) is 56.2 Å². The van der Waals surface area contributed by atoms with E-state index in [4.69, 9.17) is 22.1 Å². The highest BCUT2D eigenvalue weighted by atomic mass is 35.5. The van der Waals surface area contributed by atoms with Crippen LogP contribution in [0.5, 0.6) is 0 Å². The minimum absolute atomic E-state index is 0.196. The topological polar surface area (TPSA) is 35.2 Å². The van der Waals surface area contributed by atoms with Gasteiger partial charge in [0.1, 0.15) is 0 Å². The molecule has 0 aromatic heterocycles. The summed E-state index contributed by atoms with van der Waals surface area (Å²) in [5.41, 5.74) is 6.62. The molecule has 1 aromatic carbocycles. The Kier molecular flexibility index (Phi) is 4.61. The third-order valence-electron chi connectivity index (χ3n) is 4.64. The van der Waals surface area contributed by atoms with Gasteiger partial charge in [-0.25, -0.2) is 0 Å². The molecule has 2 aliphatic rings. The first-order valence-corrected chi connectivity index (χ1v) is 8.81. The zero-order valence-electron chi connectivity index (χ0n) is 11.7. The lowest BCUT2D eigenvalue weighted by molar-refractivity contribution is -0.145. The molecule has 4 heteroatoms. The summed E-state index contributed by atoms with van der Waals surface area (Å²) in [6, 6.07) is 8.26. The molecule has 2 fully saturated rings. The number of halogens is 1. The van der Waals surface area contributed by atoms with E-state index in [0.29, 0.717) is 5.92 Å². The number of rotatable bonds is 4. The van der Waals surface area contributed by atoms with Gasteiger partial charge in [0, 0.05) is 28.3 Å². The molecule has 2 N–H and O–H groups in total. The van der Waals surface area contributed by atoms with Crippen molar-refractivity contribution in [3.8, 4) is 0 Å². The smallest absolute Gasteiger partial charge is 0.0685 e. The van der Waals surface area contributed by atoms with Crippen LogP contribution in [0.1, 0.15) is 32.1 Å². The van der Waals surface area contributed by atoms with Gasteiger partial charge < -0.3 is 10.5 Å². The maximum absolute atomic E-state index is 6.42. The van der Waals surface area contributed by atoms with Gasteiger partial charge in [-0.2, -0.15) is 0 Å². The summed E-state index contributed by atoms with van der Waals surface area (Å²) in [6.07, 6.45) is 6.05. The van der Waals surface area contributed by atoms with Crippen molar-refractivity contribution in [1.29, 1.82) is 0 Å². The predicted octanol–water partition coefficient (Wildman–Crippen LogP) is 4.11. The Morgan fingerprint density at radius 1 is 1.45 bits per heavy atom. The van der Waals surface area contributed by atoms with E-state index < -0.39 is 0 Å². The third kappa shape index (κ3) is 3.33. The van der Waals surface area contributed by atoms with Crippen LogP contribution in [0.4, 0.5) is 0 Å². The molecule has 0 amide bonds. The van der Waals surface area contributed by atoms with Gasteiger partial charge >= 0.3 is 0 Å². The standard InChI is InChI=1S/C16H22ClNOS/c17-13-3-1-4-14(9-13)20-11-15(18)12-5-8-19-16(10-12)6-2-7-16/h1,3-4,9,12,15H,2,5-8,10-11,18H2. The van der Waals surface area contributed by atoms with Crippen LogP contribution in [0.15, 0.2) is 29.2 Å². The van der Waals surface area contributed by atoms with Gasteiger partial charge in [-0.3, -0.25) is 0 Å². The zero-order valence-corrected chi connectivity index (χ0v) is 13.3. The first-order valence-electron chi connectivity index (χ1n) is 7.45. The fourth-order valence-corrected chi connectivity index (χ4v) is 4.53. The number of thioether (sulfide) groups is 1. The lowest BCUT2D eigenvalue weighted by Gasteiger charge is -2.48. The second-order valence-corrected chi connectivity index (χ2v) is 7.60. The first-order chi connectivity index (χ1) is 9.67.